The highest BCUT2D eigenvalue weighted by molar-refractivity contribution is 7.12. The lowest BCUT2D eigenvalue weighted by Gasteiger charge is -2.35. The van der Waals surface area contributed by atoms with Crippen molar-refractivity contribution in [1.29, 1.82) is 0 Å². The third-order valence-electron chi connectivity index (χ3n) is 4.96. The molecule has 1 saturated carbocycles. The van der Waals surface area contributed by atoms with Crippen molar-refractivity contribution in [2.45, 2.75) is 57.2 Å². The summed E-state index contributed by atoms with van der Waals surface area (Å²) in [7, 11) is 0. The van der Waals surface area contributed by atoms with Crippen LogP contribution < -0.4 is 11.2 Å². The molecule has 1 aromatic heterocycles. The molecule has 2 aliphatic rings. The van der Waals surface area contributed by atoms with Crippen LogP contribution in [0.5, 0.6) is 0 Å². The number of nitrogens with zero attached hydrogens (tertiary/aromatic N) is 3. The van der Waals surface area contributed by atoms with Gasteiger partial charge in [-0.15, -0.1) is 16.4 Å². The number of hydrogen-bond donors (Lipinski definition) is 3. The molecule has 1 atom stereocenters. The first kappa shape index (κ1) is 17.8. The summed E-state index contributed by atoms with van der Waals surface area (Å²) in [6.07, 6.45) is 3.46. The van der Waals surface area contributed by atoms with E-state index in [-0.39, 0.29) is 0 Å². The number of carbonyl (C=O) groups is 1. The lowest BCUT2D eigenvalue weighted by molar-refractivity contribution is -0.567. The Morgan fingerprint density at radius 1 is 1.48 bits per heavy atom. The van der Waals surface area contributed by atoms with Gasteiger partial charge < -0.3 is 16.1 Å². The van der Waals surface area contributed by atoms with E-state index in [9.17, 15) is 15.2 Å². The van der Waals surface area contributed by atoms with Crippen molar-refractivity contribution in [1.82, 2.24) is 10.5 Å². The molecule has 2 amide bonds. The molecule has 0 saturated heterocycles. The highest BCUT2D eigenvalue weighted by atomic mass is 32.1. The van der Waals surface area contributed by atoms with Crippen molar-refractivity contribution in [3.63, 3.8) is 0 Å². The third-order valence-corrected chi connectivity index (χ3v) is 5.83. The molecular weight excluding hydrogens is 342 g/mol. The van der Waals surface area contributed by atoms with E-state index < -0.39 is 17.2 Å². The Balaban J connectivity index is 2.19. The Bertz CT molecular complexity index is 728. The molecular formula is C16H23N5O3S. The van der Waals surface area contributed by atoms with E-state index in [2.05, 4.69) is 10.5 Å². The molecule has 1 aromatic rings. The van der Waals surface area contributed by atoms with Crippen LogP contribution in [0.2, 0.25) is 0 Å². The highest BCUT2D eigenvalue weighted by Crippen LogP contribution is 2.42. The van der Waals surface area contributed by atoms with Gasteiger partial charge in [0.05, 0.1) is 4.88 Å². The molecule has 1 fully saturated rings. The van der Waals surface area contributed by atoms with Crippen LogP contribution in [-0.4, -0.2) is 43.7 Å². The van der Waals surface area contributed by atoms with Crippen LogP contribution in [0.1, 0.15) is 50.8 Å². The number of thiophene rings is 1. The molecule has 2 heterocycles. The average molecular weight is 365 g/mol. The van der Waals surface area contributed by atoms with Crippen molar-refractivity contribution in [3.8, 4) is 0 Å². The third kappa shape index (κ3) is 2.72. The van der Waals surface area contributed by atoms with Crippen molar-refractivity contribution in [3.05, 3.63) is 27.6 Å². The maximum atomic E-state index is 13.5. The van der Waals surface area contributed by atoms with Crippen molar-refractivity contribution >= 4 is 28.8 Å². The molecule has 0 bridgehead atoms. The summed E-state index contributed by atoms with van der Waals surface area (Å²) in [4.78, 5) is 11.9. The van der Waals surface area contributed by atoms with E-state index >= 15 is 0 Å². The number of rotatable bonds is 2. The fraction of sp³-hybridized carbons (Fsp3) is 0.562. The summed E-state index contributed by atoms with van der Waals surface area (Å²) < 4.78 is 0.881. The van der Waals surface area contributed by atoms with E-state index in [4.69, 9.17) is 5.73 Å². The molecule has 9 heteroatoms. The normalized spacial score (nSPS) is 28.5. The monoisotopic (exact) mass is 365 g/mol. The van der Waals surface area contributed by atoms with Gasteiger partial charge in [0.1, 0.15) is 11.3 Å². The lowest BCUT2D eigenvalue weighted by atomic mass is 9.94. The van der Waals surface area contributed by atoms with Crippen LogP contribution in [0.15, 0.2) is 22.6 Å². The van der Waals surface area contributed by atoms with Gasteiger partial charge >= 0.3 is 6.03 Å². The molecule has 1 spiro atoms. The number of amides is 2. The number of hydrazone groups is 1. The molecule has 3 rings (SSSR count). The number of hydroxylamine groups is 3. The summed E-state index contributed by atoms with van der Waals surface area (Å²) in [5.74, 6) is 0. The van der Waals surface area contributed by atoms with Gasteiger partial charge in [0.2, 0.25) is 5.71 Å². The van der Waals surface area contributed by atoms with Crippen LogP contribution in [-0.2, 0) is 0 Å². The van der Waals surface area contributed by atoms with Crippen LogP contribution >= 0.6 is 11.3 Å². The second-order valence-corrected chi connectivity index (χ2v) is 7.85. The fourth-order valence-electron chi connectivity index (χ4n) is 3.80. The maximum Gasteiger partial charge on any atom is 0.332 e. The minimum absolute atomic E-state index is 0.421. The number of nitrogens with one attached hydrogen (secondary N) is 1. The zero-order valence-corrected chi connectivity index (χ0v) is 15.2. The molecule has 8 nitrogen and oxygen atoms in total. The Morgan fingerprint density at radius 2 is 2.24 bits per heavy atom. The summed E-state index contributed by atoms with van der Waals surface area (Å²) >= 11 is 1.45. The number of primary amides is 1. The highest BCUT2D eigenvalue weighted by Gasteiger charge is 2.65. The largest absolute Gasteiger partial charge is 0.622 e. The van der Waals surface area contributed by atoms with E-state index in [1.807, 2.05) is 31.4 Å². The zero-order chi connectivity index (χ0) is 18.2. The Hall–Kier alpha value is -1.97. The second kappa shape index (κ2) is 6.40. The number of carbonyl (C=O) groups excluding carboxylic acids is 1. The Labute approximate surface area is 150 Å². The van der Waals surface area contributed by atoms with Crippen LogP contribution in [0.3, 0.4) is 0 Å². The number of hydrogen-bond acceptors (Lipinski definition) is 6. The quantitative estimate of drug-likeness (QED) is 0.423. The molecule has 1 unspecified atom stereocenters. The molecule has 0 aromatic carbocycles. The van der Waals surface area contributed by atoms with Gasteiger partial charge in [0.25, 0.3) is 5.66 Å². The van der Waals surface area contributed by atoms with Gasteiger partial charge in [-0.3, -0.25) is 0 Å². The predicted molar refractivity (Wildman–Crippen MR) is 95.7 cm³/mol. The van der Waals surface area contributed by atoms with Crippen molar-refractivity contribution < 1.29 is 14.7 Å². The van der Waals surface area contributed by atoms with E-state index in [1.165, 1.54) is 11.3 Å². The summed E-state index contributed by atoms with van der Waals surface area (Å²) in [5.41, 5.74) is 6.06. The van der Waals surface area contributed by atoms with Gasteiger partial charge in [0, 0.05) is 6.42 Å². The predicted octanol–water partition coefficient (Wildman–Crippen LogP) is 2.22. The molecule has 1 aliphatic heterocycles. The molecule has 1 aliphatic carbocycles. The zero-order valence-electron chi connectivity index (χ0n) is 14.4. The van der Waals surface area contributed by atoms with Gasteiger partial charge in [-0.25, -0.2) is 10.2 Å². The van der Waals surface area contributed by atoms with Gasteiger partial charge in [-0.1, -0.05) is 12.5 Å². The first-order valence-corrected chi connectivity index (χ1v) is 9.20. The molecule has 0 radical (unpaired) electrons. The second-order valence-electron chi connectivity index (χ2n) is 6.90. The van der Waals surface area contributed by atoms with Crippen LogP contribution in [0.25, 0.3) is 0 Å². The van der Waals surface area contributed by atoms with Gasteiger partial charge in [0.15, 0.2) is 0 Å². The molecule has 136 valence electrons. The van der Waals surface area contributed by atoms with Crippen LogP contribution in [0, 0.1) is 5.21 Å². The summed E-state index contributed by atoms with van der Waals surface area (Å²) in [6, 6.07) is 2.95. The van der Waals surface area contributed by atoms with E-state index in [0.717, 1.165) is 33.9 Å². The maximum absolute atomic E-state index is 13.5. The van der Waals surface area contributed by atoms with Crippen molar-refractivity contribution in [2.75, 3.05) is 0 Å². The fourth-order valence-corrected chi connectivity index (χ4v) is 4.70. The standard InChI is InChI=1S/C16H23N5O3S/c1-15(2)13(11-7-6-10-25-11)20(23)16(21(15)24)9-5-3-4-8-12(16)18-19-14(17)22/h6-7,10,24H,3-5,8-9H2,1-2H3,(H3,17,19,22)/b18-12+. The molecule has 25 heavy (non-hydrogen) atoms. The summed E-state index contributed by atoms with van der Waals surface area (Å²) in [6.45, 7) is 3.62. The number of nitrogens with two attached hydrogens (primary N) is 1. The molecule has 4 N–H and O–H groups in total. The number of urea groups is 1. The van der Waals surface area contributed by atoms with Crippen molar-refractivity contribution in [2.24, 2.45) is 10.8 Å². The van der Waals surface area contributed by atoms with Gasteiger partial charge in [-0.05, 0) is 44.6 Å². The lowest BCUT2D eigenvalue weighted by Crippen LogP contribution is -2.59. The van der Waals surface area contributed by atoms with Gasteiger partial charge in [-0.2, -0.15) is 9.84 Å². The smallest absolute Gasteiger partial charge is 0.332 e. The van der Waals surface area contributed by atoms with E-state index in [0.29, 0.717) is 24.3 Å². The minimum atomic E-state index is -1.33. The Morgan fingerprint density at radius 3 is 2.88 bits per heavy atom. The topological polar surface area (TPSA) is 117 Å². The SMILES string of the molecule is CC1(C)C(c2cccs2)=[N+]([O-])C2(CCCCC/C2=N\NC(N)=O)N1O. The van der Waals surface area contributed by atoms with E-state index in [1.54, 1.807) is 0 Å². The minimum Gasteiger partial charge on any atom is -0.622 e. The average Bonchev–Trinajstić information content (AvgIpc) is 3.02. The summed E-state index contributed by atoms with van der Waals surface area (Å²) in [5, 5.41) is 31.7. The first-order chi connectivity index (χ1) is 11.8. The first-order valence-electron chi connectivity index (χ1n) is 8.32. The Kier molecular flexibility index (Phi) is 4.56. The van der Waals surface area contributed by atoms with Crippen LogP contribution in [0.4, 0.5) is 4.79 Å².